The summed E-state index contributed by atoms with van der Waals surface area (Å²) in [5.74, 6) is 1.10. The summed E-state index contributed by atoms with van der Waals surface area (Å²) in [6, 6.07) is 3.27. The summed E-state index contributed by atoms with van der Waals surface area (Å²) < 4.78 is 34.2. The minimum absolute atomic E-state index is 0.127. The molecule has 1 aromatic rings. The lowest BCUT2D eigenvalue weighted by Crippen LogP contribution is -2.34. The molecule has 1 N–H and O–H groups in total. The highest BCUT2D eigenvalue weighted by atomic mass is 35.5. The van der Waals surface area contributed by atoms with Crippen molar-refractivity contribution in [2.75, 3.05) is 25.8 Å². The highest BCUT2D eigenvalue weighted by Gasteiger charge is 2.35. The molecule has 0 aliphatic heterocycles. The van der Waals surface area contributed by atoms with E-state index in [1.165, 1.54) is 13.4 Å². The lowest BCUT2D eigenvalue weighted by molar-refractivity contribution is 0.395. The van der Waals surface area contributed by atoms with Gasteiger partial charge in [-0.1, -0.05) is 11.6 Å². The van der Waals surface area contributed by atoms with Crippen molar-refractivity contribution in [3.05, 3.63) is 17.2 Å². The number of ether oxygens (including phenoxy) is 2. The third kappa shape index (κ3) is 3.55. The highest BCUT2D eigenvalue weighted by molar-refractivity contribution is 7.91. The van der Waals surface area contributed by atoms with Crippen LogP contribution in [0.25, 0.3) is 0 Å². The van der Waals surface area contributed by atoms with Crippen LogP contribution < -0.4 is 14.8 Å². The van der Waals surface area contributed by atoms with Gasteiger partial charge in [-0.05, 0) is 25.3 Å². The number of rotatable bonds is 5. The first-order chi connectivity index (χ1) is 9.86. The molecule has 2 rings (SSSR count). The second-order valence-electron chi connectivity index (χ2n) is 5.24. The molecule has 1 aromatic carbocycles. The normalized spacial score (nSPS) is 22.1. The van der Waals surface area contributed by atoms with Gasteiger partial charge in [-0.3, -0.25) is 0 Å². The molecule has 0 saturated heterocycles. The summed E-state index contributed by atoms with van der Waals surface area (Å²) in [4.78, 5) is 0. The van der Waals surface area contributed by atoms with Crippen LogP contribution in [0.2, 0.25) is 5.02 Å². The molecule has 21 heavy (non-hydrogen) atoms. The molecule has 0 amide bonds. The van der Waals surface area contributed by atoms with Gasteiger partial charge in [0.2, 0.25) is 0 Å². The molecule has 0 aromatic heterocycles. The summed E-state index contributed by atoms with van der Waals surface area (Å²) in [5, 5.41) is 3.35. The number of halogens is 1. The van der Waals surface area contributed by atoms with E-state index in [0.29, 0.717) is 28.6 Å². The van der Waals surface area contributed by atoms with Crippen molar-refractivity contribution in [1.82, 2.24) is 0 Å². The van der Waals surface area contributed by atoms with Crippen molar-refractivity contribution >= 4 is 27.1 Å². The second-order valence-corrected chi connectivity index (χ2v) is 7.91. The summed E-state index contributed by atoms with van der Waals surface area (Å²) in [6.07, 6.45) is 3.67. The fraction of sp³-hybridized carbons (Fsp3) is 0.571. The maximum Gasteiger partial charge on any atom is 0.152 e. The van der Waals surface area contributed by atoms with Crippen molar-refractivity contribution in [3.63, 3.8) is 0 Å². The SMILES string of the molecule is COc1cc(OC)c(NC2CCCC2S(C)(=O)=O)cc1Cl. The largest absolute Gasteiger partial charge is 0.495 e. The zero-order chi connectivity index (χ0) is 15.6. The molecule has 1 aliphatic rings. The monoisotopic (exact) mass is 333 g/mol. The summed E-state index contributed by atoms with van der Waals surface area (Å²) in [7, 11) is 0.00896. The van der Waals surface area contributed by atoms with Crippen LogP contribution in [0.1, 0.15) is 19.3 Å². The maximum atomic E-state index is 11.8. The Morgan fingerprint density at radius 2 is 1.86 bits per heavy atom. The third-order valence-corrected chi connectivity index (χ3v) is 5.78. The average Bonchev–Trinajstić information content (AvgIpc) is 2.87. The number of anilines is 1. The zero-order valence-electron chi connectivity index (χ0n) is 12.3. The summed E-state index contributed by atoms with van der Waals surface area (Å²) >= 11 is 6.13. The Balaban J connectivity index is 2.29. The molecule has 0 spiro atoms. The van der Waals surface area contributed by atoms with Crippen LogP contribution in [-0.2, 0) is 9.84 Å². The van der Waals surface area contributed by atoms with E-state index in [9.17, 15) is 8.42 Å². The Kier molecular flexibility index (Phi) is 4.88. The molecular formula is C14H20ClNO4S. The zero-order valence-corrected chi connectivity index (χ0v) is 13.9. The minimum atomic E-state index is -3.08. The summed E-state index contributed by atoms with van der Waals surface area (Å²) in [5.41, 5.74) is 0.684. The van der Waals surface area contributed by atoms with Gasteiger partial charge < -0.3 is 14.8 Å². The van der Waals surface area contributed by atoms with Gasteiger partial charge in [-0.2, -0.15) is 0 Å². The number of nitrogens with one attached hydrogen (secondary N) is 1. The van der Waals surface area contributed by atoms with Crippen molar-refractivity contribution in [2.24, 2.45) is 0 Å². The van der Waals surface area contributed by atoms with E-state index in [2.05, 4.69) is 5.32 Å². The molecule has 0 bridgehead atoms. The van der Waals surface area contributed by atoms with E-state index in [4.69, 9.17) is 21.1 Å². The van der Waals surface area contributed by atoms with E-state index in [1.807, 2.05) is 0 Å². The fourth-order valence-electron chi connectivity index (χ4n) is 2.78. The van der Waals surface area contributed by atoms with Gasteiger partial charge in [0, 0.05) is 18.4 Å². The predicted molar refractivity (Wildman–Crippen MR) is 84.4 cm³/mol. The van der Waals surface area contributed by atoms with Gasteiger partial charge in [0.1, 0.15) is 11.5 Å². The van der Waals surface area contributed by atoms with Gasteiger partial charge in [-0.25, -0.2) is 8.42 Å². The lowest BCUT2D eigenvalue weighted by Gasteiger charge is -2.22. The quantitative estimate of drug-likeness (QED) is 0.897. The Morgan fingerprint density at radius 3 is 2.43 bits per heavy atom. The van der Waals surface area contributed by atoms with Crippen LogP contribution in [0.4, 0.5) is 5.69 Å². The van der Waals surface area contributed by atoms with E-state index < -0.39 is 9.84 Å². The van der Waals surface area contributed by atoms with Crippen molar-refractivity contribution in [3.8, 4) is 11.5 Å². The lowest BCUT2D eigenvalue weighted by atomic mass is 10.2. The molecule has 0 heterocycles. The van der Waals surface area contributed by atoms with Crippen LogP contribution in [0, 0.1) is 0 Å². The van der Waals surface area contributed by atoms with Gasteiger partial charge in [0.05, 0.1) is 30.2 Å². The van der Waals surface area contributed by atoms with Crippen LogP contribution in [-0.4, -0.2) is 40.2 Å². The number of hydrogen-bond donors (Lipinski definition) is 1. The number of sulfone groups is 1. The van der Waals surface area contributed by atoms with Crippen LogP contribution in [0.3, 0.4) is 0 Å². The first-order valence-corrected chi connectivity index (χ1v) is 9.07. The van der Waals surface area contributed by atoms with E-state index in [1.54, 1.807) is 19.2 Å². The van der Waals surface area contributed by atoms with Crippen LogP contribution in [0.5, 0.6) is 11.5 Å². The molecule has 2 atom stereocenters. The Morgan fingerprint density at radius 1 is 1.19 bits per heavy atom. The van der Waals surface area contributed by atoms with Crippen molar-refractivity contribution in [1.29, 1.82) is 0 Å². The Hall–Kier alpha value is -1.14. The van der Waals surface area contributed by atoms with Crippen molar-refractivity contribution < 1.29 is 17.9 Å². The Labute approximate surface area is 130 Å². The van der Waals surface area contributed by atoms with Crippen molar-refractivity contribution in [2.45, 2.75) is 30.6 Å². The molecule has 1 fully saturated rings. The molecular weight excluding hydrogens is 314 g/mol. The van der Waals surface area contributed by atoms with Gasteiger partial charge >= 0.3 is 0 Å². The Bertz CT molecular complexity index is 618. The summed E-state index contributed by atoms with van der Waals surface area (Å²) in [6.45, 7) is 0. The minimum Gasteiger partial charge on any atom is -0.495 e. The standard InChI is InChI=1S/C14H20ClNO4S/c1-19-12-8-13(20-2)11(7-9(12)15)16-10-5-4-6-14(10)21(3,17)18/h7-8,10,14,16H,4-6H2,1-3H3. The number of hydrogen-bond acceptors (Lipinski definition) is 5. The smallest absolute Gasteiger partial charge is 0.152 e. The van der Waals surface area contributed by atoms with E-state index in [0.717, 1.165) is 12.8 Å². The molecule has 0 radical (unpaired) electrons. The molecule has 1 saturated carbocycles. The van der Waals surface area contributed by atoms with Crippen LogP contribution >= 0.6 is 11.6 Å². The first kappa shape index (κ1) is 16.2. The molecule has 2 unspecified atom stereocenters. The number of methoxy groups -OCH3 is 2. The maximum absolute atomic E-state index is 11.8. The van der Waals surface area contributed by atoms with Crippen LogP contribution in [0.15, 0.2) is 12.1 Å². The van der Waals surface area contributed by atoms with Gasteiger partial charge in [0.15, 0.2) is 9.84 Å². The third-order valence-electron chi connectivity index (χ3n) is 3.82. The average molecular weight is 334 g/mol. The molecule has 5 nitrogen and oxygen atoms in total. The molecule has 7 heteroatoms. The fourth-order valence-corrected chi connectivity index (χ4v) is 4.41. The topological polar surface area (TPSA) is 64.6 Å². The van der Waals surface area contributed by atoms with E-state index >= 15 is 0 Å². The van der Waals surface area contributed by atoms with Gasteiger partial charge in [0.25, 0.3) is 0 Å². The second kappa shape index (κ2) is 6.32. The first-order valence-electron chi connectivity index (χ1n) is 6.73. The molecule has 1 aliphatic carbocycles. The highest BCUT2D eigenvalue weighted by Crippen LogP contribution is 2.38. The van der Waals surface area contributed by atoms with Gasteiger partial charge in [-0.15, -0.1) is 0 Å². The predicted octanol–water partition coefficient (Wildman–Crippen LogP) is 2.73. The van der Waals surface area contributed by atoms with E-state index in [-0.39, 0.29) is 11.3 Å². The number of benzene rings is 1. The molecule has 118 valence electrons.